The minimum Gasteiger partial charge on any atom is -0.481 e. The van der Waals surface area contributed by atoms with E-state index in [4.69, 9.17) is 9.84 Å². The molecule has 1 unspecified atom stereocenters. The van der Waals surface area contributed by atoms with Crippen molar-refractivity contribution in [3.8, 4) is 0 Å². The number of methoxy groups -OCH3 is 1. The standard InChI is InChI=1S/C13H24N2O4/c1-9(8-19-3)15(2)13(18)14-11-6-4-10(5-7-11)12(16)17/h9-11H,4-8H2,1-3H3,(H,14,18)(H,16,17). The molecule has 0 heterocycles. The number of hydrogen-bond donors (Lipinski definition) is 2. The van der Waals surface area contributed by atoms with Crippen LogP contribution in [0.15, 0.2) is 0 Å². The van der Waals surface area contributed by atoms with E-state index in [0.717, 1.165) is 12.8 Å². The number of carbonyl (C=O) groups is 2. The Kier molecular flexibility index (Phi) is 6.08. The van der Waals surface area contributed by atoms with Crippen LogP contribution in [0.5, 0.6) is 0 Å². The second-order valence-corrected chi connectivity index (χ2v) is 5.25. The second kappa shape index (κ2) is 7.33. The van der Waals surface area contributed by atoms with Gasteiger partial charge >= 0.3 is 12.0 Å². The predicted molar refractivity (Wildman–Crippen MR) is 71.0 cm³/mol. The molecule has 0 radical (unpaired) electrons. The van der Waals surface area contributed by atoms with Crippen LogP contribution in [0.3, 0.4) is 0 Å². The molecule has 0 aliphatic heterocycles. The highest BCUT2D eigenvalue weighted by Gasteiger charge is 2.27. The van der Waals surface area contributed by atoms with Crippen molar-refractivity contribution in [2.24, 2.45) is 5.92 Å². The third kappa shape index (κ3) is 4.70. The molecule has 1 fully saturated rings. The summed E-state index contributed by atoms with van der Waals surface area (Å²) in [5, 5.41) is 11.9. The van der Waals surface area contributed by atoms with E-state index in [1.165, 1.54) is 0 Å². The van der Waals surface area contributed by atoms with E-state index in [9.17, 15) is 9.59 Å². The van der Waals surface area contributed by atoms with E-state index in [0.29, 0.717) is 19.4 Å². The molecule has 1 saturated carbocycles. The summed E-state index contributed by atoms with van der Waals surface area (Å²) in [6.07, 6.45) is 2.74. The first kappa shape index (κ1) is 15.8. The molecule has 0 bridgehead atoms. The smallest absolute Gasteiger partial charge is 0.317 e. The lowest BCUT2D eigenvalue weighted by Gasteiger charge is -2.30. The quantitative estimate of drug-likeness (QED) is 0.791. The number of ether oxygens (including phenoxy) is 1. The summed E-state index contributed by atoms with van der Waals surface area (Å²) in [5.74, 6) is -0.978. The van der Waals surface area contributed by atoms with Gasteiger partial charge in [-0.25, -0.2) is 4.79 Å². The number of nitrogens with one attached hydrogen (secondary N) is 1. The lowest BCUT2D eigenvalue weighted by molar-refractivity contribution is -0.142. The van der Waals surface area contributed by atoms with Crippen molar-refractivity contribution in [2.45, 2.75) is 44.7 Å². The maximum Gasteiger partial charge on any atom is 0.317 e. The Morgan fingerprint density at radius 3 is 2.42 bits per heavy atom. The molecule has 110 valence electrons. The van der Waals surface area contributed by atoms with E-state index in [-0.39, 0.29) is 24.0 Å². The molecular weight excluding hydrogens is 248 g/mol. The van der Waals surface area contributed by atoms with Crippen molar-refractivity contribution in [3.63, 3.8) is 0 Å². The van der Waals surface area contributed by atoms with Crippen LogP contribution in [0.4, 0.5) is 4.79 Å². The average molecular weight is 272 g/mol. The van der Waals surface area contributed by atoms with Crippen molar-refractivity contribution in [2.75, 3.05) is 20.8 Å². The molecular formula is C13H24N2O4. The minimum atomic E-state index is -0.726. The number of carboxylic acids is 1. The predicted octanol–water partition coefficient (Wildman–Crippen LogP) is 1.31. The Morgan fingerprint density at radius 2 is 1.95 bits per heavy atom. The van der Waals surface area contributed by atoms with Gasteiger partial charge in [0.05, 0.1) is 18.6 Å². The Morgan fingerprint density at radius 1 is 1.37 bits per heavy atom. The first-order valence-electron chi connectivity index (χ1n) is 6.70. The van der Waals surface area contributed by atoms with E-state index in [2.05, 4.69) is 5.32 Å². The van der Waals surface area contributed by atoms with Crippen LogP contribution < -0.4 is 5.32 Å². The van der Waals surface area contributed by atoms with Crippen LogP contribution in [-0.4, -0.2) is 54.9 Å². The Bertz CT molecular complexity index is 314. The minimum absolute atomic E-state index is 0.0142. The largest absolute Gasteiger partial charge is 0.481 e. The molecule has 2 N–H and O–H groups in total. The molecule has 0 aromatic heterocycles. The number of carbonyl (C=O) groups excluding carboxylic acids is 1. The van der Waals surface area contributed by atoms with E-state index in [1.54, 1.807) is 19.1 Å². The fourth-order valence-electron chi connectivity index (χ4n) is 2.31. The zero-order valence-electron chi connectivity index (χ0n) is 11.9. The van der Waals surface area contributed by atoms with Gasteiger partial charge in [-0.3, -0.25) is 4.79 Å². The lowest BCUT2D eigenvalue weighted by atomic mass is 9.86. The summed E-state index contributed by atoms with van der Waals surface area (Å²) < 4.78 is 5.02. The van der Waals surface area contributed by atoms with Gasteiger partial charge in [-0.2, -0.15) is 0 Å². The number of urea groups is 1. The monoisotopic (exact) mass is 272 g/mol. The number of amides is 2. The Balaban J connectivity index is 2.36. The third-order valence-corrected chi connectivity index (χ3v) is 3.79. The highest BCUT2D eigenvalue weighted by Crippen LogP contribution is 2.24. The molecule has 6 heteroatoms. The number of rotatable bonds is 5. The number of nitrogens with zero attached hydrogens (tertiary/aromatic N) is 1. The number of hydrogen-bond acceptors (Lipinski definition) is 3. The van der Waals surface area contributed by atoms with Crippen LogP contribution >= 0.6 is 0 Å². The van der Waals surface area contributed by atoms with E-state index >= 15 is 0 Å². The van der Waals surface area contributed by atoms with Crippen molar-refractivity contribution in [1.82, 2.24) is 10.2 Å². The van der Waals surface area contributed by atoms with Gasteiger partial charge in [0.25, 0.3) is 0 Å². The highest BCUT2D eigenvalue weighted by molar-refractivity contribution is 5.74. The van der Waals surface area contributed by atoms with Crippen LogP contribution in [0, 0.1) is 5.92 Å². The van der Waals surface area contributed by atoms with E-state index < -0.39 is 5.97 Å². The van der Waals surface area contributed by atoms with Crippen LogP contribution in [0.2, 0.25) is 0 Å². The molecule has 2 amide bonds. The molecule has 6 nitrogen and oxygen atoms in total. The molecule has 1 rings (SSSR count). The van der Waals surface area contributed by atoms with Crippen LogP contribution in [0.25, 0.3) is 0 Å². The van der Waals surface area contributed by atoms with Gasteiger partial charge in [0.1, 0.15) is 0 Å². The first-order valence-corrected chi connectivity index (χ1v) is 6.70. The Labute approximate surface area is 114 Å². The van der Waals surface area contributed by atoms with Gasteiger partial charge in [0.15, 0.2) is 0 Å². The van der Waals surface area contributed by atoms with Gasteiger partial charge in [0.2, 0.25) is 0 Å². The fraction of sp³-hybridized carbons (Fsp3) is 0.846. The molecule has 0 saturated heterocycles. The van der Waals surface area contributed by atoms with Gasteiger partial charge in [0, 0.05) is 20.2 Å². The maximum atomic E-state index is 12.0. The second-order valence-electron chi connectivity index (χ2n) is 5.25. The molecule has 0 aromatic rings. The lowest BCUT2D eigenvalue weighted by Crippen LogP contribution is -2.48. The van der Waals surface area contributed by atoms with Crippen LogP contribution in [-0.2, 0) is 9.53 Å². The van der Waals surface area contributed by atoms with Gasteiger partial charge < -0.3 is 20.1 Å². The maximum absolute atomic E-state index is 12.0. The zero-order valence-corrected chi connectivity index (χ0v) is 11.9. The summed E-state index contributed by atoms with van der Waals surface area (Å²) >= 11 is 0. The fourth-order valence-corrected chi connectivity index (χ4v) is 2.31. The summed E-state index contributed by atoms with van der Waals surface area (Å²) in [5.41, 5.74) is 0. The molecule has 1 atom stereocenters. The molecule has 1 aliphatic carbocycles. The Hall–Kier alpha value is -1.30. The number of likely N-dealkylation sites (N-methyl/N-ethyl adjacent to an activating group) is 1. The highest BCUT2D eigenvalue weighted by atomic mass is 16.5. The number of carboxylic acid groups (broad SMARTS) is 1. The van der Waals surface area contributed by atoms with Crippen molar-refractivity contribution in [3.05, 3.63) is 0 Å². The van der Waals surface area contributed by atoms with Gasteiger partial charge in [-0.15, -0.1) is 0 Å². The van der Waals surface area contributed by atoms with E-state index in [1.807, 2.05) is 6.92 Å². The molecule has 0 aromatic carbocycles. The first-order chi connectivity index (χ1) is 8.95. The van der Waals surface area contributed by atoms with Gasteiger partial charge in [-0.1, -0.05) is 0 Å². The SMILES string of the molecule is COCC(C)N(C)C(=O)NC1CCC(C(=O)O)CC1. The van der Waals surface area contributed by atoms with Crippen molar-refractivity contribution >= 4 is 12.0 Å². The van der Waals surface area contributed by atoms with Crippen molar-refractivity contribution < 1.29 is 19.4 Å². The normalized spacial score (nSPS) is 24.6. The zero-order chi connectivity index (χ0) is 14.4. The van der Waals surface area contributed by atoms with Crippen molar-refractivity contribution in [1.29, 1.82) is 0 Å². The summed E-state index contributed by atoms with van der Waals surface area (Å²) in [7, 11) is 3.34. The molecule has 19 heavy (non-hydrogen) atoms. The average Bonchev–Trinajstić information content (AvgIpc) is 2.38. The number of aliphatic carboxylic acids is 1. The molecule has 0 spiro atoms. The summed E-state index contributed by atoms with van der Waals surface area (Å²) in [6.45, 7) is 2.42. The summed E-state index contributed by atoms with van der Waals surface area (Å²) in [4.78, 5) is 24.4. The topological polar surface area (TPSA) is 78.9 Å². The summed E-state index contributed by atoms with van der Waals surface area (Å²) in [6, 6.07) is -0.0241. The van der Waals surface area contributed by atoms with Gasteiger partial charge in [-0.05, 0) is 32.6 Å². The molecule has 1 aliphatic rings. The third-order valence-electron chi connectivity index (χ3n) is 3.79. The van der Waals surface area contributed by atoms with Crippen LogP contribution in [0.1, 0.15) is 32.6 Å².